The third kappa shape index (κ3) is 2.29. The number of benzene rings is 1. The van der Waals surface area contributed by atoms with Crippen LogP contribution in [0.1, 0.15) is 24.8 Å². The average Bonchev–Trinajstić information content (AvgIpc) is 2.54. The molecule has 1 heterocycles. The quantitative estimate of drug-likeness (QED) is 0.908. The number of carbonyl (C=O) groups is 1. The molecule has 0 saturated heterocycles. The van der Waals surface area contributed by atoms with Gasteiger partial charge < -0.3 is 9.67 Å². The highest BCUT2D eigenvalue weighted by Crippen LogP contribution is 2.30. The summed E-state index contributed by atoms with van der Waals surface area (Å²) in [5.41, 5.74) is 2.11. The Morgan fingerprint density at radius 3 is 2.88 bits per heavy atom. The Kier molecular flexibility index (Phi) is 3.11. The average molecular weight is 252 g/mol. The molecule has 0 spiro atoms. The maximum Gasteiger partial charge on any atom is 0.303 e. The number of hydrogen-bond acceptors (Lipinski definition) is 1. The van der Waals surface area contributed by atoms with Gasteiger partial charge in [0.15, 0.2) is 0 Å². The Morgan fingerprint density at radius 2 is 2.24 bits per heavy atom. The van der Waals surface area contributed by atoms with Crippen LogP contribution in [0.15, 0.2) is 24.4 Å². The Bertz CT molecular complexity index is 574. The van der Waals surface area contributed by atoms with E-state index in [-0.39, 0.29) is 12.3 Å². The monoisotopic (exact) mass is 251 g/mol. The maximum absolute atomic E-state index is 10.8. The van der Waals surface area contributed by atoms with Crippen molar-refractivity contribution >= 4 is 28.5 Å². The topological polar surface area (TPSA) is 42.2 Å². The molecule has 1 atom stereocenters. The van der Waals surface area contributed by atoms with Gasteiger partial charge in [0.25, 0.3) is 0 Å². The first-order chi connectivity index (χ1) is 7.99. The summed E-state index contributed by atoms with van der Waals surface area (Å²) in [4.78, 5) is 10.8. The predicted molar refractivity (Wildman–Crippen MR) is 68.6 cm³/mol. The van der Waals surface area contributed by atoms with E-state index in [4.69, 9.17) is 16.7 Å². The Balaban J connectivity index is 2.53. The SMILES string of the molecule is CC(CC(=O)O)c1cn(C)c2ccc(Cl)cc12. The molecule has 0 aliphatic rings. The summed E-state index contributed by atoms with van der Waals surface area (Å²) >= 11 is 5.98. The van der Waals surface area contributed by atoms with Crippen LogP contribution in [0.2, 0.25) is 5.02 Å². The molecule has 0 aliphatic carbocycles. The molecule has 1 N–H and O–H groups in total. The van der Waals surface area contributed by atoms with Gasteiger partial charge in [0, 0.05) is 29.2 Å². The van der Waals surface area contributed by atoms with Crippen molar-refractivity contribution in [2.45, 2.75) is 19.3 Å². The van der Waals surface area contributed by atoms with Crippen LogP contribution >= 0.6 is 11.6 Å². The minimum absolute atomic E-state index is 0.0188. The highest BCUT2D eigenvalue weighted by Gasteiger charge is 2.15. The first kappa shape index (κ1) is 12.0. The molecule has 1 aromatic carbocycles. The molecule has 1 aromatic heterocycles. The van der Waals surface area contributed by atoms with E-state index < -0.39 is 5.97 Å². The Labute approximate surface area is 105 Å². The second-order valence-electron chi connectivity index (χ2n) is 4.36. The molecule has 0 amide bonds. The lowest BCUT2D eigenvalue weighted by atomic mass is 9.97. The van der Waals surface area contributed by atoms with Gasteiger partial charge in [-0.25, -0.2) is 0 Å². The number of carboxylic acid groups (broad SMARTS) is 1. The molecule has 4 heteroatoms. The van der Waals surface area contributed by atoms with Crippen LogP contribution in [0.4, 0.5) is 0 Å². The summed E-state index contributed by atoms with van der Waals surface area (Å²) < 4.78 is 2.00. The van der Waals surface area contributed by atoms with E-state index in [1.807, 2.05) is 42.9 Å². The zero-order valence-corrected chi connectivity index (χ0v) is 10.5. The molecule has 0 fully saturated rings. The largest absolute Gasteiger partial charge is 0.481 e. The predicted octanol–water partition coefficient (Wildman–Crippen LogP) is 3.41. The maximum atomic E-state index is 10.8. The zero-order chi connectivity index (χ0) is 12.6. The Morgan fingerprint density at radius 1 is 1.53 bits per heavy atom. The summed E-state index contributed by atoms with van der Waals surface area (Å²) in [6, 6.07) is 5.69. The van der Waals surface area contributed by atoms with Crippen molar-refractivity contribution in [3.63, 3.8) is 0 Å². The minimum Gasteiger partial charge on any atom is -0.481 e. The van der Waals surface area contributed by atoms with Gasteiger partial charge in [0.05, 0.1) is 6.42 Å². The van der Waals surface area contributed by atoms with Crippen LogP contribution in [0.25, 0.3) is 10.9 Å². The van der Waals surface area contributed by atoms with E-state index in [2.05, 4.69) is 0 Å². The number of aromatic nitrogens is 1. The van der Waals surface area contributed by atoms with E-state index in [0.717, 1.165) is 16.5 Å². The molecule has 0 radical (unpaired) electrons. The summed E-state index contributed by atoms with van der Waals surface area (Å²) in [6.07, 6.45) is 2.11. The van der Waals surface area contributed by atoms with Crippen LogP contribution < -0.4 is 0 Å². The number of carboxylic acids is 1. The molecular weight excluding hydrogens is 238 g/mol. The summed E-state index contributed by atoms with van der Waals surface area (Å²) in [5, 5.41) is 10.6. The van der Waals surface area contributed by atoms with Crippen LogP contribution in [-0.4, -0.2) is 15.6 Å². The van der Waals surface area contributed by atoms with Crippen molar-refractivity contribution in [1.82, 2.24) is 4.57 Å². The third-order valence-electron chi connectivity index (χ3n) is 2.99. The number of hydrogen-bond donors (Lipinski definition) is 1. The lowest BCUT2D eigenvalue weighted by Gasteiger charge is -2.07. The summed E-state index contributed by atoms with van der Waals surface area (Å²) in [5.74, 6) is -0.800. The standard InChI is InChI=1S/C13H14ClNO2/c1-8(5-13(16)17)11-7-15(2)12-4-3-9(14)6-10(11)12/h3-4,6-8H,5H2,1-2H3,(H,16,17). The van der Waals surface area contributed by atoms with Gasteiger partial charge in [-0.05, 0) is 29.7 Å². The van der Waals surface area contributed by atoms with Crippen LogP contribution in [0.3, 0.4) is 0 Å². The molecular formula is C13H14ClNO2. The van der Waals surface area contributed by atoms with Crippen LogP contribution in [-0.2, 0) is 11.8 Å². The number of aliphatic carboxylic acids is 1. The number of nitrogens with zero attached hydrogens (tertiary/aromatic N) is 1. The molecule has 0 bridgehead atoms. The lowest BCUT2D eigenvalue weighted by molar-refractivity contribution is -0.137. The van der Waals surface area contributed by atoms with Crippen molar-refractivity contribution in [3.8, 4) is 0 Å². The Hall–Kier alpha value is -1.48. The molecule has 0 saturated carbocycles. The van der Waals surface area contributed by atoms with Crippen LogP contribution in [0.5, 0.6) is 0 Å². The van der Waals surface area contributed by atoms with Crippen LogP contribution in [0, 0.1) is 0 Å². The van der Waals surface area contributed by atoms with E-state index in [1.165, 1.54) is 0 Å². The van der Waals surface area contributed by atoms with Gasteiger partial charge in [0.1, 0.15) is 0 Å². The van der Waals surface area contributed by atoms with Gasteiger partial charge in [-0.3, -0.25) is 4.79 Å². The first-order valence-electron chi connectivity index (χ1n) is 5.45. The van der Waals surface area contributed by atoms with Crippen molar-refractivity contribution in [2.75, 3.05) is 0 Å². The van der Waals surface area contributed by atoms with Gasteiger partial charge in [-0.15, -0.1) is 0 Å². The fourth-order valence-electron chi connectivity index (χ4n) is 2.16. The van der Waals surface area contributed by atoms with Gasteiger partial charge >= 0.3 is 5.97 Å². The highest BCUT2D eigenvalue weighted by molar-refractivity contribution is 6.31. The van der Waals surface area contributed by atoms with E-state index in [9.17, 15) is 4.79 Å². The third-order valence-corrected chi connectivity index (χ3v) is 3.23. The van der Waals surface area contributed by atoms with E-state index >= 15 is 0 Å². The van der Waals surface area contributed by atoms with Gasteiger partial charge in [-0.1, -0.05) is 18.5 Å². The molecule has 2 aromatic rings. The molecule has 3 nitrogen and oxygen atoms in total. The number of halogens is 1. The zero-order valence-electron chi connectivity index (χ0n) is 9.77. The molecule has 0 aliphatic heterocycles. The summed E-state index contributed by atoms with van der Waals surface area (Å²) in [7, 11) is 1.95. The summed E-state index contributed by atoms with van der Waals surface area (Å²) in [6.45, 7) is 1.92. The normalized spacial score (nSPS) is 12.9. The molecule has 1 unspecified atom stereocenters. The molecule has 90 valence electrons. The lowest BCUT2D eigenvalue weighted by Crippen LogP contribution is -2.02. The fourth-order valence-corrected chi connectivity index (χ4v) is 2.33. The number of fused-ring (bicyclic) bond motifs is 1. The van der Waals surface area contributed by atoms with Crippen molar-refractivity contribution in [1.29, 1.82) is 0 Å². The number of aryl methyl sites for hydroxylation is 1. The van der Waals surface area contributed by atoms with E-state index in [1.54, 1.807) is 0 Å². The first-order valence-corrected chi connectivity index (χ1v) is 5.83. The van der Waals surface area contributed by atoms with Crippen molar-refractivity contribution < 1.29 is 9.90 Å². The second kappa shape index (κ2) is 4.41. The second-order valence-corrected chi connectivity index (χ2v) is 4.79. The van der Waals surface area contributed by atoms with E-state index in [0.29, 0.717) is 5.02 Å². The van der Waals surface area contributed by atoms with Gasteiger partial charge in [0.2, 0.25) is 0 Å². The molecule has 2 rings (SSSR count). The van der Waals surface area contributed by atoms with Crippen molar-refractivity contribution in [3.05, 3.63) is 35.0 Å². The fraction of sp³-hybridized carbons (Fsp3) is 0.308. The smallest absolute Gasteiger partial charge is 0.303 e. The molecule has 17 heavy (non-hydrogen) atoms. The van der Waals surface area contributed by atoms with Crippen molar-refractivity contribution in [2.24, 2.45) is 7.05 Å². The minimum atomic E-state index is -0.781. The highest BCUT2D eigenvalue weighted by atomic mass is 35.5. The van der Waals surface area contributed by atoms with Gasteiger partial charge in [-0.2, -0.15) is 0 Å². The number of rotatable bonds is 3.